The molecule has 4 heteroatoms. The van der Waals surface area contributed by atoms with Crippen LogP contribution < -0.4 is 5.73 Å². The fourth-order valence-electron chi connectivity index (χ4n) is 0.559. The van der Waals surface area contributed by atoms with Gasteiger partial charge in [-0.2, -0.15) is 4.99 Å². The molecule has 0 radical (unpaired) electrons. The highest BCUT2D eigenvalue weighted by molar-refractivity contribution is 6.10. The molecular formula is C6H9N3O. The minimum atomic E-state index is -0.517. The lowest BCUT2D eigenvalue weighted by Crippen LogP contribution is -2.36. The minimum absolute atomic E-state index is 0.326. The number of nitrogens with two attached hydrogens (primary N) is 1. The van der Waals surface area contributed by atoms with Gasteiger partial charge in [0.05, 0.1) is 5.41 Å². The first-order chi connectivity index (χ1) is 4.52. The molecule has 0 unspecified atom stereocenters. The van der Waals surface area contributed by atoms with E-state index in [4.69, 9.17) is 5.73 Å². The van der Waals surface area contributed by atoms with Gasteiger partial charge in [0.15, 0.2) is 0 Å². The largest absolute Gasteiger partial charge is 0.386 e. The number of aliphatic imine (C=N–C) groups is 2. The van der Waals surface area contributed by atoms with Crippen molar-refractivity contribution < 1.29 is 4.79 Å². The molecule has 54 valence electrons. The number of hydrogen-bond donors (Lipinski definition) is 1. The van der Waals surface area contributed by atoms with Gasteiger partial charge in [-0.25, -0.2) is 9.79 Å². The van der Waals surface area contributed by atoms with Gasteiger partial charge < -0.3 is 5.73 Å². The van der Waals surface area contributed by atoms with Gasteiger partial charge in [0.25, 0.3) is 0 Å². The lowest BCUT2D eigenvalue weighted by Gasteiger charge is -2.19. The van der Waals surface area contributed by atoms with Crippen molar-refractivity contribution in [1.82, 2.24) is 0 Å². The molecule has 0 bridgehead atoms. The quantitative estimate of drug-likeness (QED) is 0.533. The third kappa shape index (κ3) is 1.05. The molecule has 10 heavy (non-hydrogen) atoms. The Morgan fingerprint density at radius 3 is 2.60 bits per heavy atom. The number of nitrogens with zero attached hydrogens (tertiary/aromatic N) is 2. The first-order valence-electron chi connectivity index (χ1n) is 2.96. The number of rotatable bonds is 0. The predicted octanol–water partition coefficient (Wildman–Crippen LogP) is 0.574. The third-order valence-electron chi connectivity index (χ3n) is 1.37. The molecule has 0 aromatic carbocycles. The van der Waals surface area contributed by atoms with Crippen molar-refractivity contribution in [3.05, 3.63) is 0 Å². The highest BCUT2D eigenvalue weighted by Crippen LogP contribution is 2.15. The fraction of sp³-hybridized carbons (Fsp3) is 0.500. The number of amides is 2. The molecular weight excluding hydrogens is 130 g/mol. The molecule has 0 atom stereocenters. The van der Waals surface area contributed by atoms with Gasteiger partial charge in [0.1, 0.15) is 5.84 Å². The van der Waals surface area contributed by atoms with Crippen molar-refractivity contribution in [2.24, 2.45) is 21.1 Å². The zero-order valence-electron chi connectivity index (χ0n) is 5.96. The SMILES string of the molecule is CC1(C)C=NC(=O)N=C1N. The van der Waals surface area contributed by atoms with Crippen LogP contribution in [0.15, 0.2) is 9.98 Å². The Morgan fingerprint density at radius 1 is 1.60 bits per heavy atom. The van der Waals surface area contributed by atoms with E-state index in [9.17, 15) is 4.79 Å². The fourth-order valence-corrected chi connectivity index (χ4v) is 0.559. The van der Waals surface area contributed by atoms with Crippen molar-refractivity contribution in [2.45, 2.75) is 13.8 Å². The van der Waals surface area contributed by atoms with Crippen molar-refractivity contribution >= 4 is 18.1 Å². The Kier molecular flexibility index (Phi) is 1.31. The van der Waals surface area contributed by atoms with E-state index < -0.39 is 6.03 Å². The Morgan fingerprint density at radius 2 is 2.20 bits per heavy atom. The van der Waals surface area contributed by atoms with Gasteiger partial charge >= 0.3 is 6.03 Å². The molecule has 1 rings (SSSR count). The third-order valence-corrected chi connectivity index (χ3v) is 1.37. The number of hydrogen-bond acceptors (Lipinski definition) is 2. The molecule has 2 amide bonds. The van der Waals surface area contributed by atoms with Crippen LogP contribution in [-0.2, 0) is 0 Å². The van der Waals surface area contributed by atoms with E-state index in [1.807, 2.05) is 13.8 Å². The number of amidine groups is 1. The summed E-state index contributed by atoms with van der Waals surface area (Å²) in [5, 5.41) is 0. The standard InChI is InChI=1S/C6H9N3O/c1-6(2)3-8-5(10)9-4(6)7/h3H,1-2H3,(H2,7,9,10). The van der Waals surface area contributed by atoms with Gasteiger partial charge in [-0.1, -0.05) is 0 Å². The van der Waals surface area contributed by atoms with Crippen molar-refractivity contribution in [3.63, 3.8) is 0 Å². The molecule has 1 aliphatic heterocycles. The Labute approximate surface area is 58.9 Å². The van der Waals surface area contributed by atoms with Crippen molar-refractivity contribution in [2.75, 3.05) is 0 Å². The summed E-state index contributed by atoms with van der Waals surface area (Å²) in [5.41, 5.74) is 5.07. The van der Waals surface area contributed by atoms with Gasteiger partial charge in [-0.15, -0.1) is 0 Å². The highest BCUT2D eigenvalue weighted by Gasteiger charge is 2.24. The predicted molar refractivity (Wildman–Crippen MR) is 39.3 cm³/mol. The van der Waals surface area contributed by atoms with Crippen LogP contribution in [0.25, 0.3) is 0 Å². The topological polar surface area (TPSA) is 67.8 Å². The normalized spacial score (nSPS) is 22.6. The molecule has 0 aromatic rings. The first kappa shape index (κ1) is 6.92. The minimum Gasteiger partial charge on any atom is -0.386 e. The maximum absolute atomic E-state index is 10.5. The summed E-state index contributed by atoms with van der Waals surface area (Å²) in [4.78, 5) is 17.5. The molecule has 1 heterocycles. The van der Waals surface area contributed by atoms with Crippen LogP contribution in [0.4, 0.5) is 4.79 Å². The lowest BCUT2D eigenvalue weighted by molar-refractivity contribution is 0.256. The second-order valence-electron chi connectivity index (χ2n) is 2.76. The molecule has 4 nitrogen and oxygen atoms in total. The van der Waals surface area contributed by atoms with E-state index in [0.717, 1.165) is 0 Å². The molecule has 0 fully saturated rings. The molecule has 0 aromatic heterocycles. The summed E-state index contributed by atoms with van der Waals surface area (Å²) in [6.45, 7) is 3.70. The van der Waals surface area contributed by atoms with Gasteiger partial charge in [-0.3, -0.25) is 0 Å². The molecule has 2 N–H and O–H groups in total. The second-order valence-corrected chi connectivity index (χ2v) is 2.76. The van der Waals surface area contributed by atoms with Crippen LogP contribution in [0, 0.1) is 5.41 Å². The van der Waals surface area contributed by atoms with Crippen LogP contribution in [0.1, 0.15) is 13.8 Å². The van der Waals surface area contributed by atoms with E-state index in [-0.39, 0.29) is 5.41 Å². The summed E-state index contributed by atoms with van der Waals surface area (Å²) in [5.74, 6) is 0.326. The van der Waals surface area contributed by atoms with Crippen LogP contribution in [0.5, 0.6) is 0 Å². The first-order valence-corrected chi connectivity index (χ1v) is 2.96. The summed E-state index contributed by atoms with van der Waals surface area (Å²) >= 11 is 0. The number of carbonyl (C=O) groups is 1. The Balaban J connectivity index is 2.97. The van der Waals surface area contributed by atoms with E-state index in [1.165, 1.54) is 6.21 Å². The lowest BCUT2D eigenvalue weighted by atomic mass is 9.93. The summed E-state index contributed by atoms with van der Waals surface area (Å²) in [6, 6.07) is -0.517. The van der Waals surface area contributed by atoms with E-state index in [2.05, 4.69) is 9.98 Å². The van der Waals surface area contributed by atoms with Crippen molar-refractivity contribution in [1.29, 1.82) is 0 Å². The van der Waals surface area contributed by atoms with Gasteiger partial charge in [-0.05, 0) is 13.8 Å². The molecule has 1 aliphatic rings. The molecule has 0 spiro atoms. The van der Waals surface area contributed by atoms with Crippen LogP contribution >= 0.6 is 0 Å². The van der Waals surface area contributed by atoms with Crippen LogP contribution in [0.2, 0.25) is 0 Å². The zero-order chi connectivity index (χ0) is 7.78. The maximum Gasteiger partial charge on any atom is 0.368 e. The number of carbonyl (C=O) groups excluding carboxylic acids is 1. The van der Waals surface area contributed by atoms with E-state index in [1.54, 1.807) is 0 Å². The number of urea groups is 1. The van der Waals surface area contributed by atoms with Gasteiger partial charge in [0.2, 0.25) is 0 Å². The summed E-state index contributed by atoms with van der Waals surface area (Å²) in [7, 11) is 0. The zero-order valence-corrected chi connectivity index (χ0v) is 5.96. The second kappa shape index (κ2) is 1.90. The van der Waals surface area contributed by atoms with Crippen LogP contribution in [0.3, 0.4) is 0 Å². The highest BCUT2D eigenvalue weighted by atomic mass is 16.2. The smallest absolute Gasteiger partial charge is 0.368 e. The van der Waals surface area contributed by atoms with E-state index in [0.29, 0.717) is 5.84 Å². The maximum atomic E-state index is 10.5. The molecule has 0 saturated carbocycles. The molecule has 0 aliphatic carbocycles. The van der Waals surface area contributed by atoms with Gasteiger partial charge in [0, 0.05) is 6.21 Å². The monoisotopic (exact) mass is 139 g/mol. The van der Waals surface area contributed by atoms with E-state index >= 15 is 0 Å². The Bertz CT molecular complexity index is 227. The van der Waals surface area contributed by atoms with Crippen LogP contribution in [-0.4, -0.2) is 18.1 Å². The molecule has 0 saturated heterocycles. The Hall–Kier alpha value is -1.19. The van der Waals surface area contributed by atoms with Crippen molar-refractivity contribution in [3.8, 4) is 0 Å². The average Bonchev–Trinajstić information content (AvgIpc) is 1.81. The summed E-state index contributed by atoms with van der Waals surface area (Å²) in [6.07, 6.45) is 1.51. The summed E-state index contributed by atoms with van der Waals surface area (Å²) < 4.78 is 0. The average molecular weight is 139 g/mol.